The van der Waals surface area contributed by atoms with Gasteiger partial charge in [-0.3, -0.25) is 4.68 Å². The summed E-state index contributed by atoms with van der Waals surface area (Å²) in [5, 5.41) is 14.1. The summed E-state index contributed by atoms with van der Waals surface area (Å²) in [5.41, 5.74) is 2.64. The molecule has 2 amide bonds. The first-order valence-electron chi connectivity index (χ1n) is 8.83. The van der Waals surface area contributed by atoms with Crippen molar-refractivity contribution in [1.82, 2.24) is 29.9 Å². The molecule has 1 aromatic carbocycles. The molecule has 3 heterocycles. The molecule has 0 bridgehead atoms. The van der Waals surface area contributed by atoms with E-state index >= 15 is 0 Å². The number of nitrogens with one attached hydrogen (secondary N) is 2. The van der Waals surface area contributed by atoms with Crippen molar-refractivity contribution >= 4 is 11.7 Å². The van der Waals surface area contributed by atoms with E-state index in [9.17, 15) is 4.79 Å². The molecule has 0 saturated carbocycles. The van der Waals surface area contributed by atoms with Crippen molar-refractivity contribution in [2.45, 2.75) is 13.1 Å². The highest BCUT2D eigenvalue weighted by molar-refractivity contribution is 5.89. The fourth-order valence-electron chi connectivity index (χ4n) is 2.85. The van der Waals surface area contributed by atoms with E-state index in [2.05, 4.69) is 25.8 Å². The maximum atomic E-state index is 12.3. The minimum Gasteiger partial charge on any atom is -0.334 e. The van der Waals surface area contributed by atoms with Gasteiger partial charge in [0.25, 0.3) is 0 Å². The van der Waals surface area contributed by atoms with Gasteiger partial charge in [-0.1, -0.05) is 18.2 Å². The topological polar surface area (TPSA) is 89.7 Å². The quantitative estimate of drug-likeness (QED) is 0.544. The van der Waals surface area contributed by atoms with Crippen molar-refractivity contribution in [2.24, 2.45) is 0 Å². The summed E-state index contributed by atoms with van der Waals surface area (Å²) in [4.78, 5) is 16.7. The minimum atomic E-state index is -0.286. The number of aromatic nitrogens is 5. The third-order valence-corrected chi connectivity index (χ3v) is 4.12. The van der Waals surface area contributed by atoms with Crippen LogP contribution in [0.15, 0.2) is 79.5 Å². The summed E-state index contributed by atoms with van der Waals surface area (Å²) in [6.45, 7) is 0.981. The van der Waals surface area contributed by atoms with Gasteiger partial charge < -0.3 is 10.6 Å². The van der Waals surface area contributed by atoms with Gasteiger partial charge in [-0.25, -0.2) is 14.5 Å². The number of rotatable bonds is 6. The van der Waals surface area contributed by atoms with Crippen LogP contribution in [0.25, 0.3) is 5.82 Å². The van der Waals surface area contributed by atoms with Gasteiger partial charge in [0.2, 0.25) is 0 Å². The lowest BCUT2D eigenvalue weighted by Crippen LogP contribution is -2.28. The molecule has 8 heteroatoms. The van der Waals surface area contributed by atoms with Crippen molar-refractivity contribution in [3.63, 3.8) is 0 Å². The number of hydrogen-bond acceptors (Lipinski definition) is 4. The second-order valence-corrected chi connectivity index (χ2v) is 6.15. The Labute approximate surface area is 161 Å². The average Bonchev–Trinajstić information content (AvgIpc) is 3.41. The molecule has 0 aliphatic rings. The Morgan fingerprint density at radius 1 is 0.964 bits per heavy atom. The Morgan fingerprint density at radius 2 is 1.86 bits per heavy atom. The first kappa shape index (κ1) is 17.5. The van der Waals surface area contributed by atoms with Crippen LogP contribution in [-0.2, 0) is 13.1 Å². The van der Waals surface area contributed by atoms with Gasteiger partial charge in [0, 0.05) is 48.8 Å². The molecule has 28 heavy (non-hydrogen) atoms. The lowest BCUT2D eigenvalue weighted by molar-refractivity contribution is 0.251. The SMILES string of the molecule is O=C(NCc1cccnc1-n1cccn1)Nc1cccc(Cn2cccn2)c1. The van der Waals surface area contributed by atoms with E-state index in [4.69, 9.17) is 0 Å². The van der Waals surface area contributed by atoms with E-state index in [0.29, 0.717) is 18.9 Å². The monoisotopic (exact) mass is 373 g/mol. The van der Waals surface area contributed by atoms with Gasteiger partial charge in [0.1, 0.15) is 0 Å². The number of amides is 2. The molecule has 0 unspecified atom stereocenters. The van der Waals surface area contributed by atoms with Crippen LogP contribution < -0.4 is 10.6 Å². The number of hydrogen-bond donors (Lipinski definition) is 2. The summed E-state index contributed by atoms with van der Waals surface area (Å²) in [5.74, 6) is 0.689. The molecule has 3 aromatic heterocycles. The number of benzene rings is 1. The maximum absolute atomic E-state index is 12.3. The zero-order chi connectivity index (χ0) is 19.2. The van der Waals surface area contributed by atoms with E-state index in [1.165, 1.54) is 0 Å². The molecule has 0 saturated heterocycles. The molecule has 4 aromatic rings. The molecule has 2 N–H and O–H groups in total. The lowest BCUT2D eigenvalue weighted by atomic mass is 10.2. The maximum Gasteiger partial charge on any atom is 0.319 e. The predicted molar refractivity (Wildman–Crippen MR) is 105 cm³/mol. The van der Waals surface area contributed by atoms with Crippen LogP contribution in [0.5, 0.6) is 0 Å². The van der Waals surface area contributed by atoms with E-state index in [0.717, 1.165) is 16.8 Å². The standard InChI is InChI=1S/C20H19N7O/c28-20(22-14-17-6-2-8-21-19(17)27-12-4-10-24-27)25-18-7-1-5-16(13-18)15-26-11-3-9-23-26/h1-13H,14-15H2,(H2,22,25,28). The molecule has 4 rings (SSSR count). The Hall–Kier alpha value is -3.94. The third kappa shape index (κ3) is 4.24. The lowest BCUT2D eigenvalue weighted by Gasteiger charge is -2.11. The van der Waals surface area contributed by atoms with Crippen LogP contribution >= 0.6 is 0 Å². The molecule has 8 nitrogen and oxygen atoms in total. The summed E-state index contributed by atoms with van der Waals surface area (Å²) >= 11 is 0. The molecule has 0 radical (unpaired) electrons. The van der Waals surface area contributed by atoms with E-state index in [1.807, 2.05) is 65.6 Å². The van der Waals surface area contributed by atoms with Crippen molar-refractivity contribution < 1.29 is 4.79 Å². The first-order chi connectivity index (χ1) is 13.8. The highest BCUT2D eigenvalue weighted by atomic mass is 16.2. The van der Waals surface area contributed by atoms with Gasteiger partial charge in [0.15, 0.2) is 5.82 Å². The van der Waals surface area contributed by atoms with Crippen LogP contribution in [0.4, 0.5) is 10.5 Å². The van der Waals surface area contributed by atoms with Gasteiger partial charge >= 0.3 is 6.03 Å². The van der Waals surface area contributed by atoms with Crippen LogP contribution in [-0.4, -0.2) is 30.6 Å². The fraction of sp³-hybridized carbons (Fsp3) is 0.100. The summed E-state index contributed by atoms with van der Waals surface area (Å²) in [6.07, 6.45) is 8.85. The number of pyridine rings is 1. The molecule has 0 aliphatic carbocycles. The Balaban J connectivity index is 1.38. The zero-order valence-corrected chi connectivity index (χ0v) is 15.1. The fourth-order valence-corrected chi connectivity index (χ4v) is 2.85. The van der Waals surface area contributed by atoms with Crippen molar-refractivity contribution in [3.8, 4) is 5.82 Å². The number of anilines is 1. The summed E-state index contributed by atoms with van der Waals surface area (Å²) in [7, 11) is 0. The van der Waals surface area contributed by atoms with Crippen LogP contribution in [0, 0.1) is 0 Å². The normalized spacial score (nSPS) is 10.6. The van der Waals surface area contributed by atoms with Gasteiger partial charge in [-0.05, 0) is 35.9 Å². The second kappa shape index (κ2) is 8.17. The largest absolute Gasteiger partial charge is 0.334 e. The summed E-state index contributed by atoms with van der Waals surface area (Å²) in [6, 6.07) is 14.9. The number of carbonyl (C=O) groups is 1. The van der Waals surface area contributed by atoms with Crippen molar-refractivity contribution in [1.29, 1.82) is 0 Å². The van der Waals surface area contributed by atoms with Crippen LogP contribution in [0.1, 0.15) is 11.1 Å². The van der Waals surface area contributed by atoms with Crippen LogP contribution in [0.3, 0.4) is 0 Å². The number of urea groups is 1. The third-order valence-electron chi connectivity index (χ3n) is 4.12. The van der Waals surface area contributed by atoms with E-state index in [-0.39, 0.29) is 6.03 Å². The second-order valence-electron chi connectivity index (χ2n) is 6.15. The minimum absolute atomic E-state index is 0.286. The highest BCUT2D eigenvalue weighted by Gasteiger charge is 2.08. The number of nitrogens with zero attached hydrogens (tertiary/aromatic N) is 5. The molecule has 0 spiro atoms. The van der Waals surface area contributed by atoms with E-state index in [1.54, 1.807) is 23.3 Å². The Morgan fingerprint density at radius 3 is 2.68 bits per heavy atom. The molecule has 0 aliphatic heterocycles. The smallest absolute Gasteiger partial charge is 0.319 e. The Kier molecular flexibility index (Phi) is 5.10. The molecular weight excluding hydrogens is 354 g/mol. The zero-order valence-electron chi connectivity index (χ0n) is 15.1. The average molecular weight is 373 g/mol. The van der Waals surface area contributed by atoms with E-state index < -0.39 is 0 Å². The molecule has 140 valence electrons. The predicted octanol–water partition coefficient (Wildman–Crippen LogP) is 2.83. The number of carbonyl (C=O) groups excluding carboxylic acids is 1. The van der Waals surface area contributed by atoms with Gasteiger partial charge in [-0.2, -0.15) is 10.2 Å². The molecular formula is C20H19N7O. The van der Waals surface area contributed by atoms with Gasteiger partial charge in [0.05, 0.1) is 6.54 Å². The molecule has 0 atom stereocenters. The first-order valence-corrected chi connectivity index (χ1v) is 8.83. The van der Waals surface area contributed by atoms with Crippen molar-refractivity contribution in [2.75, 3.05) is 5.32 Å². The molecule has 0 fully saturated rings. The highest BCUT2D eigenvalue weighted by Crippen LogP contribution is 2.13. The van der Waals surface area contributed by atoms with Gasteiger partial charge in [-0.15, -0.1) is 0 Å². The van der Waals surface area contributed by atoms with Crippen LogP contribution in [0.2, 0.25) is 0 Å². The van der Waals surface area contributed by atoms with Crippen molar-refractivity contribution in [3.05, 3.63) is 90.6 Å². The summed E-state index contributed by atoms with van der Waals surface area (Å²) < 4.78 is 3.51. The Bertz CT molecular complexity index is 1040.